The number of urea groups is 1. The fourth-order valence-electron chi connectivity index (χ4n) is 3.24. The molecule has 1 aliphatic rings. The van der Waals surface area contributed by atoms with Gasteiger partial charge in [0.1, 0.15) is 0 Å². The third-order valence-electron chi connectivity index (χ3n) is 4.63. The fourth-order valence-corrected chi connectivity index (χ4v) is 3.24. The first kappa shape index (κ1) is 15.6. The first-order valence-corrected chi connectivity index (χ1v) is 8.28. The molecule has 1 fully saturated rings. The number of hydrogen-bond acceptors (Lipinski definition) is 2. The van der Waals surface area contributed by atoms with E-state index in [-0.39, 0.29) is 6.03 Å². The van der Waals surface area contributed by atoms with E-state index in [2.05, 4.69) is 10.4 Å². The van der Waals surface area contributed by atoms with Crippen molar-refractivity contribution in [1.29, 1.82) is 0 Å². The molecule has 1 N–H and O–H groups in total. The van der Waals surface area contributed by atoms with Gasteiger partial charge in [0.05, 0.1) is 5.69 Å². The molecule has 5 nitrogen and oxygen atoms in total. The molecule has 1 aromatic carbocycles. The number of rotatable bonds is 3. The summed E-state index contributed by atoms with van der Waals surface area (Å²) < 4.78 is 1.80. The summed E-state index contributed by atoms with van der Waals surface area (Å²) in [7, 11) is 3.77. The number of carbonyl (C=O) groups excluding carboxylic acids is 1. The molecule has 1 aromatic heterocycles. The van der Waals surface area contributed by atoms with Crippen molar-refractivity contribution >= 4 is 11.8 Å². The van der Waals surface area contributed by atoms with Crippen molar-refractivity contribution in [3.8, 4) is 11.3 Å². The van der Waals surface area contributed by atoms with E-state index >= 15 is 0 Å². The fraction of sp³-hybridized carbons (Fsp3) is 0.444. The van der Waals surface area contributed by atoms with Gasteiger partial charge in [0, 0.05) is 26.2 Å². The number of hydrogen-bond donors (Lipinski definition) is 1. The molecule has 0 spiro atoms. The summed E-state index contributed by atoms with van der Waals surface area (Å²) in [4.78, 5) is 14.3. The van der Waals surface area contributed by atoms with E-state index in [0.29, 0.717) is 11.9 Å². The molecule has 2 amide bonds. The molecule has 0 saturated heterocycles. The van der Waals surface area contributed by atoms with Crippen LogP contribution in [0.2, 0.25) is 0 Å². The van der Waals surface area contributed by atoms with Gasteiger partial charge in [0.2, 0.25) is 0 Å². The Bertz CT molecular complexity index is 659. The minimum absolute atomic E-state index is 0.0744. The smallest absolute Gasteiger partial charge is 0.323 e. The SMILES string of the molecule is CN(C(=O)Nc1cc(-c2ccccc2)n(C)n1)C1CCCCC1. The average Bonchev–Trinajstić information content (AvgIpc) is 2.96. The molecule has 23 heavy (non-hydrogen) atoms. The van der Waals surface area contributed by atoms with Crippen LogP contribution in [0.25, 0.3) is 11.3 Å². The van der Waals surface area contributed by atoms with E-state index < -0.39 is 0 Å². The molecule has 3 rings (SSSR count). The standard InChI is InChI=1S/C18H24N4O/c1-21(15-11-7-4-8-12-15)18(23)19-17-13-16(22(2)20-17)14-9-5-3-6-10-14/h3,5-6,9-10,13,15H,4,7-8,11-12H2,1-2H3,(H,19,20,23). The molecule has 1 aliphatic carbocycles. The maximum Gasteiger partial charge on any atom is 0.323 e. The second-order valence-corrected chi connectivity index (χ2v) is 6.24. The van der Waals surface area contributed by atoms with Gasteiger partial charge in [0.25, 0.3) is 0 Å². The van der Waals surface area contributed by atoms with Gasteiger partial charge in [-0.1, -0.05) is 49.6 Å². The highest BCUT2D eigenvalue weighted by molar-refractivity contribution is 5.89. The van der Waals surface area contributed by atoms with Gasteiger partial charge in [-0.15, -0.1) is 0 Å². The molecule has 2 aromatic rings. The Morgan fingerprint density at radius 3 is 2.61 bits per heavy atom. The maximum absolute atomic E-state index is 12.4. The van der Waals surface area contributed by atoms with Gasteiger partial charge in [-0.05, 0) is 18.4 Å². The third-order valence-corrected chi connectivity index (χ3v) is 4.63. The highest BCUT2D eigenvalue weighted by Crippen LogP contribution is 2.24. The predicted octanol–water partition coefficient (Wildman–Crippen LogP) is 3.88. The second-order valence-electron chi connectivity index (χ2n) is 6.24. The zero-order valence-corrected chi connectivity index (χ0v) is 13.8. The van der Waals surface area contributed by atoms with Crippen molar-refractivity contribution in [1.82, 2.24) is 14.7 Å². The number of aryl methyl sites for hydroxylation is 1. The highest BCUT2D eigenvalue weighted by Gasteiger charge is 2.22. The first-order chi connectivity index (χ1) is 11.1. The molecule has 0 atom stereocenters. The Balaban J connectivity index is 1.69. The van der Waals surface area contributed by atoms with Crippen molar-refractivity contribution in [3.63, 3.8) is 0 Å². The summed E-state index contributed by atoms with van der Waals surface area (Å²) in [6.45, 7) is 0. The van der Waals surface area contributed by atoms with Crippen LogP contribution in [-0.4, -0.2) is 33.8 Å². The molecule has 0 unspecified atom stereocenters. The number of aromatic nitrogens is 2. The maximum atomic E-state index is 12.4. The number of nitrogens with zero attached hydrogens (tertiary/aromatic N) is 3. The second kappa shape index (κ2) is 6.86. The van der Waals surface area contributed by atoms with Gasteiger partial charge < -0.3 is 4.90 Å². The van der Waals surface area contributed by atoms with E-state index in [0.717, 1.165) is 24.1 Å². The molecule has 1 heterocycles. The molecular weight excluding hydrogens is 288 g/mol. The van der Waals surface area contributed by atoms with Gasteiger partial charge >= 0.3 is 6.03 Å². The highest BCUT2D eigenvalue weighted by atomic mass is 16.2. The van der Waals surface area contributed by atoms with Gasteiger partial charge in [-0.25, -0.2) is 4.79 Å². The van der Waals surface area contributed by atoms with Crippen LogP contribution in [0.5, 0.6) is 0 Å². The Morgan fingerprint density at radius 2 is 1.91 bits per heavy atom. The van der Waals surface area contributed by atoms with Gasteiger partial charge in [-0.3, -0.25) is 10.00 Å². The zero-order valence-electron chi connectivity index (χ0n) is 13.8. The van der Waals surface area contributed by atoms with Crippen LogP contribution in [0.3, 0.4) is 0 Å². The van der Waals surface area contributed by atoms with Crippen molar-refractivity contribution in [2.75, 3.05) is 12.4 Å². The molecule has 122 valence electrons. The third kappa shape index (κ3) is 3.55. The van der Waals surface area contributed by atoms with Crippen molar-refractivity contribution in [3.05, 3.63) is 36.4 Å². The molecule has 0 radical (unpaired) electrons. The summed E-state index contributed by atoms with van der Waals surface area (Å²) in [5, 5.41) is 7.34. The number of amides is 2. The summed E-state index contributed by atoms with van der Waals surface area (Å²) in [5.41, 5.74) is 2.07. The lowest BCUT2D eigenvalue weighted by atomic mass is 9.95. The molecule has 5 heteroatoms. The summed E-state index contributed by atoms with van der Waals surface area (Å²) in [6, 6.07) is 12.3. The van der Waals surface area contributed by atoms with E-state index in [9.17, 15) is 4.79 Å². The van der Waals surface area contributed by atoms with Crippen LogP contribution in [-0.2, 0) is 7.05 Å². The molecule has 0 bridgehead atoms. The topological polar surface area (TPSA) is 50.2 Å². The van der Waals surface area contributed by atoms with Crippen LogP contribution in [0.15, 0.2) is 36.4 Å². The lowest BCUT2D eigenvalue weighted by Crippen LogP contribution is -2.40. The Morgan fingerprint density at radius 1 is 1.22 bits per heavy atom. The first-order valence-electron chi connectivity index (χ1n) is 8.28. The molecule has 1 saturated carbocycles. The van der Waals surface area contributed by atoms with Crippen molar-refractivity contribution < 1.29 is 4.79 Å². The van der Waals surface area contributed by atoms with Crippen LogP contribution >= 0.6 is 0 Å². The minimum atomic E-state index is -0.0744. The van der Waals surface area contributed by atoms with E-state index in [1.165, 1.54) is 19.3 Å². The van der Waals surface area contributed by atoms with Crippen LogP contribution in [0, 0.1) is 0 Å². The Kier molecular flexibility index (Phi) is 4.65. The largest absolute Gasteiger partial charge is 0.325 e. The predicted molar refractivity (Wildman–Crippen MR) is 92.3 cm³/mol. The van der Waals surface area contributed by atoms with Crippen LogP contribution in [0.4, 0.5) is 10.6 Å². The number of anilines is 1. The molecule has 0 aliphatic heterocycles. The summed E-state index contributed by atoms with van der Waals surface area (Å²) in [5.74, 6) is 0.596. The Hall–Kier alpha value is -2.30. The molecular formula is C18H24N4O. The van der Waals surface area contributed by atoms with Crippen LogP contribution < -0.4 is 5.32 Å². The number of carbonyl (C=O) groups is 1. The Labute approximate surface area is 137 Å². The average molecular weight is 312 g/mol. The minimum Gasteiger partial charge on any atom is -0.325 e. The quantitative estimate of drug-likeness (QED) is 0.935. The normalized spacial score (nSPS) is 15.4. The van der Waals surface area contributed by atoms with E-state index in [1.54, 1.807) is 4.68 Å². The number of nitrogens with one attached hydrogen (secondary N) is 1. The lowest BCUT2D eigenvalue weighted by Gasteiger charge is -2.30. The summed E-state index contributed by atoms with van der Waals surface area (Å²) in [6.07, 6.45) is 5.91. The lowest BCUT2D eigenvalue weighted by molar-refractivity contribution is 0.186. The van der Waals surface area contributed by atoms with Crippen molar-refractivity contribution in [2.45, 2.75) is 38.1 Å². The number of benzene rings is 1. The van der Waals surface area contributed by atoms with Gasteiger partial charge in [-0.2, -0.15) is 5.10 Å². The zero-order chi connectivity index (χ0) is 16.2. The van der Waals surface area contributed by atoms with E-state index in [4.69, 9.17) is 0 Å². The monoisotopic (exact) mass is 312 g/mol. The van der Waals surface area contributed by atoms with Crippen molar-refractivity contribution in [2.24, 2.45) is 7.05 Å². The van der Waals surface area contributed by atoms with Gasteiger partial charge in [0.15, 0.2) is 5.82 Å². The van der Waals surface area contributed by atoms with E-state index in [1.807, 2.05) is 55.4 Å². The van der Waals surface area contributed by atoms with Crippen LogP contribution in [0.1, 0.15) is 32.1 Å². The summed E-state index contributed by atoms with van der Waals surface area (Å²) >= 11 is 0.